The van der Waals surface area contributed by atoms with Gasteiger partial charge in [0.2, 0.25) is 5.88 Å². The van der Waals surface area contributed by atoms with Crippen LogP contribution >= 0.6 is 0 Å². The van der Waals surface area contributed by atoms with Gasteiger partial charge < -0.3 is 14.8 Å². The second kappa shape index (κ2) is 6.72. The van der Waals surface area contributed by atoms with E-state index in [-0.39, 0.29) is 5.91 Å². The lowest BCUT2D eigenvalue weighted by Gasteiger charge is -2.15. The maximum Gasteiger partial charge on any atom is 0.258 e. The quantitative estimate of drug-likeness (QED) is 0.610. The van der Waals surface area contributed by atoms with Gasteiger partial charge in [0.05, 0.1) is 7.11 Å². The van der Waals surface area contributed by atoms with Crippen LogP contribution in [0, 0.1) is 0 Å². The minimum atomic E-state index is -1.08. The molecule has 19 heavy (non-hydrogen) atoms. The number of carbonyl (C=O) groups is 1. The van der Waals surface area contributed by atoms with Crippen molar-refractivity contribution in [3.8, 4) is 5.88 Å². The topological polar surface area (TPSA) is 65.4 Å². The van der Waals surface area contributed by atoms with Gasteiger partial charge in [-0.1, -0.05) is 19.6 Å². The van der Waals surface area contributed by atoms with E-state index >= 15 is 0 Å². The van der Waals surface area contributed by atoms with Crippen molar-refractivity contribution in [1.82, 2.24) is 15.1 Å². The number of amides is 1. The SMILES string of the molecule is CNC(=O)c1cn(COCC[Si](C)(C)C)nc1OC. The van der Waals surface area contributed by atoms with Crippen molar-refractivity contribution < 1.29 is 14.3 Å². The number of methoxy groups -OCH3 is 1. The molecule has 0 unspecified atom stereocenters. The minimum Gasteiger partial charge on any atom is -0.479 e. The van der Waals surface area contributed by atoms with E-state index in [1.165, 1.54) is 7.11 Å². The second-order valence-corrected chi connectivity index (χ2v) is 11.1. The van der Waals surface area contributed by atoms with Gasteiger partial charge in [0.25, 0.3) is 5.91 Å². The average molecular weight is 285 g/mol. The third-order valence-corrected chi connectivity index (χ3v) is 4.32. The third kappa shape index (κ3) is 5.04. The Bertz CT molecular complexity index is 426. The summed E-state index contributed by atoms with van der Waals surface area (Å²) in [5.74, 6) is 0.0957. The molecule has 1 N–H and O–H groups in total. The lowest BCUT2D eigenvalue weighted by Crippen LogP contribution is -2.22. The van der Waals surface area contributed by atoms with Crippen molar-refractivity contribution in [1.29, 1.82) is 0 Å². The number of aromatic nitrogens is 2. The molecule has 1 heterocycles. The van der Waals surface area contributed by atoms with Gasteiger partial charge in [-0.25, -0.2) is 4.68 Å². The summed E-state index contributed by atoms with van der Waals surface area (Å²) in [6.07, 6.45) is 1.63. The molecule has 0 saturated heterocycles. The first-order chi connectivity index (χ1) is 8.87. The van der Waals surface area contributed by atoms with Gasteiger partial charge in [-0.3, -0.25) is 4.79 Å². The molecule has 0 atom stereocenters. The van der Waals surface area contributed by atoms with Crippen molar-refractivity contribution in [2.24, 2.45) is 0 Å². The summed E-state index contributed by atoms with van der Waals surface area (Å²) in [6, 6.07) is 1.10. The van der Waals surface area contributed by atoms with E-state index in [2.05, 4.69) is 30.1 Å². The third-order valence-electron chi connectivity index (χ3n) is 2.61. The molecule has 108 valence electrons. The van der Waals surface area contributed by atoms with Gasteiger partial charge in [-0.15, -0.1) is 5.10 Å². The first kappa shape index (κ1) is 15.7. The molecule has 1 aromatic heterocycles. The van der Waals surface area contributed by atoms with Crippen LogP contribution in [0.5, 0.6) is 5.88 Å². The molecule has 0 bridgehead atoms. The van der Waals surface area contributed by atoms with Crippen LogP contribution in [-0.2, 0) is 11.5 Å². The maximum atomic E-state index is 11.6. The Morgan fingerprint density at radius 2 is 2.16 bits per heavy atom. The monoisotopic (exact) mass is 285 g/mol. The maximum absolute atomic E-state index is 11.6. The van der Waals surface area contributed by atoms with Crippen LogP contribution in [0.4, 0.5) is 0 Å². The van der Waals surface area contributed by atoms with Crippen molar-refractivity contribution in [2.45, 2.75) is 32.4 Å². The highest BCUT2D eigenvalue weighted by atomic mass is 28.3. The number of nitrogens with zero attached hydrogens (tertiary/aromatic N) is 2. The van der Waals surface area contributed by atoms with Gasteiger partial charge >= 0.3 is 0 Å². The van der Waals surface area contributed by atoms with Crippen LogP contribution in [0.1, 0.15) is 10.4 Å². The number of hydrogen-bond acceptors (Lipinski definition) is 4. The zero-order chi connectivity index (χ0) is 14.5. The fourth-order valence-electron chi connectivity index (χ4n) is 1.45. The number of ether oxygens (including phenoxy) is 2. The first-order valence-corrected chi connectivity index (χ1v) is 9.99. The van der Waals surface area contributed by atoms with Gasteiger partial charge in [-0.05, 0) is 6.04 Å². The molecule has 6 nitrogen and oxygen atoms in total. The largest absolute Gasteiger partial charge is 0.479 e. The van der Waals surface area contributed by atoms with E-state index in [0.29, 0.717) is 24.8 Å². The zero-order valence-electron chi connectivity index (χ0n) is 12.3. The van der Waals surface area contributed by atoms with E-state index in [1.807, 2.05) is 0 Å². The fourth-order valence-corrected chi connectivity index (χ4v) is 2.20. The molecule has 7 heteroatoms. The van der Waals surface area contributed by atoms with E-state index < -0.39 is 8.07 Å². The molecule has 1 amide bonds. The van der Waals surface area contributed by atoms with Gasteiger partial charge in [0.1, 0.15) is 12.3 Å². The van der Waals surface area contributed by atoms with Crippen LogP contribution < -0.4 is 10.1 Å². The highest BCUT2D eigenvalue weighted by Crippen LogP contribution is 2.15. The number of rotatable bonds is 7. The molecule has 0 radical (unpaired) electrons. The molecular weight excluding hydrogens is 262 g/mol. The van der Waals surface area contributed by atoms with E-state index in [0.717, 1.165) is 6.04 Å². The second-order valence-electron chi connectivity index (χ2n) is 5.52. The van der Waals surface area contributed by atoms with Crippen LogP contribution in [0.25, 0.3) is 0 Å². The Hall–Kier alpha value is -1.34. The normalized spacial score (nSPS) is 11.4. The molecule has 1 rings (SSSR count). The molecule has 1 aromatic rings. The molecule has 0 fully saturated rings. The summed E-state index contributed by atoms with van der Waals surface area (Å²) >= 11 is 0. The van der Waals surface area contributed by atoms with Crippen molar-refractivity contribution in [2.75, 3.05) is 20.8 Å². The lowest BCUT2D eigenvalue weighted by atomic mass is 10.3. The van der Waals surface area contributed by atoms with Gasteiger partial charge in [0, 0.05) is 27.9 Å². The van der Waals surface area contributed by atoms with E-state index in [9.17, 15) is 4.79 Å². The molecule has 0 aliphatic rings. The summed E-state index contributed by atoms with van der Waals surface area (Å²) in [5.41, 5.74) is 0.416. The average Bonchev–Trinajstić information content (AvgIpc) is 2.76. The Morgan fingerprint density at radius 3 is 2.68 bits per heavy atom. The summed E-state index contributed by atoms with van der Waals surface area (Å²) in [7, 11) is 1.99. The Morgan fingerprint density at radius 1 is 1.47 bits per heavy atom. The van der Waals surface area contributed by atoms with Crippen molar-refractivity contribution in [3.05, 3.63) is 11.8 Å². The van der Waals surface area contributed by atoms with Crippen LogP contribution in [0.2, 0.25) is 25.7 Å². The summed E-state index contributed by atoms with van der Waals surface area (Å²) in [6.45, 7) is 7.95. The molecular formula is C12H23N3O3Si. The molecule has 0 aliphatic carbocycles. The minimum absolute atomic E-state index is 0.217. The Kier molecular flexibility index (Phi) is 5.55. The number of carbonyl (C=O) groups excluding carboxylic acids is 1. The summed E-state index contributed by atoms with van der Waals surface area (Å²) < 4.78 is 12.2. The van der Waals surface area contributed by atoms with E-state index in [1.54, 1.807) is 17.9 Å². The highest BCUT2D eigenvalue weighted by molar-refractivity contribution is 6.76. The van der Waals surface area contributed by atoms with Crippen LogP contribution in [0.15, 0.2) is 6.20 Å². The predicted octanol–water partition coefficient (Wildman–Crippen LogP) is 1.56. The van der Waals surface area contributed by atoms with Gasteiger partial charge in [-0.2, -0.15) is 0 Å². The first-order valence-electron chi connectivity index (χ1n) is 6.28. The standard InChI is InChI=1S/C12H23N3O3Si/c1-13-11(16)10-8-15(14-12(10)17-2)9-18-6-7-19(3,4)5/h8H,6-7,9H2,1-5H3,(H,13,16). The van der Waals surface area contributed by atoms with Crippen molar-refractivity contribution >= 4 is 14.0 Å². The number of nitrogens with one attached hydrogen (secondary N) is 1. The molecule has 0 spiro atoms. The molecule has 0 aliphatic heterocycles. The molecule has 0 aromatic carbocycles. The Labute approximate surface area is 115 Å². The summed E-state index contributed by atoms with van der Waals surface area (Å²) in [4.78, 5) is 11.6. The zero-order valence-corrected chi connectivity index (χ0v) is 13.3. The smallest absolute Gasteiger partial charge is 0.258 e. The predicted molar refractivity (Wildman–Crippen MR) is 76.3 cm³/mol. The number of hydrogen-bond donors (Lipinski definition) is 1. The van der Waals surface area contributed by atoms with Crippen molar-refractivity contribution in [3.63, 3.8) is 0 Å². The lowest BCUT2D eigenvalue weighted by molar-refractivity contribution is 0.0776. The molecule has 0 saturated carbocycles. The highest BCUT2D eigenvalue weighted by Gasteiger charge is 2.16. The van der Waals surface area contributed by atoms with Crippen LogP contribution in [-0.4, -0.2) is 44.5 Å². The van der Waals surface area contributed by atoms with Crippen LogP contribution in [0.3, 0.4) is 0 Å². The summed E-state index contributed by atoms with van der Waals surface area (Å²) in [5, 5.41) is 6.70. The fraction of sp³-hybridized carbons (Fsp3) is 0.667. The van der Waals surface area contributed by atoms with E-state index in [4.69, 9.17) is 9.47 Å². The Balaban J connectivity index is 2.55. The van der Waals surface area contributed by atoms with Gasteiger partial charge in [0.15, 0.2) is 0 Å².